The third kappa shape index (κ3) is 3.55. The summed E-state index contributed by atoms with van der Waals surface area (Å²) in [4.78, 5) is 16.8. The Morgan fingerprint density at radius 2 is 1.96 bits per heavy atom. The van der Waals surface area contributed by atoms with Crippen molar-refractivity contribution in [3.63, 3.8) is 0 Å². The molecule has 1 atom stereocenters. The van der Waals surface area contributed by atoms with E-state index in [1.54, 1.807) is 12.3 Å². The van der Waals surface area contributed by atoms with Crippen LogP contribution in [0.1, 0.15) is 17.0 Å². The number of benzene rings is 1. The Balaban J connectivity index is 1.37. The lowest BCUT2D eigenvalue weighted by Gasteiger charge is -2.25. The number of hydrogen-bond donors (Lipinski definition) is 1. The maximum Gasteiger partial charge on any atom is 0.264 e. The molecule has 28 heavy (non-hydrogen) atoms. The summed E-state index contributed by atoms with van der Waals surface area (Å²) in [7, 11) is 0. The van der Waals surface area contributed by atoms with Crippen molar-refractivity contribution in [3.8, 4) is 17.3 Å². The Labute approximate surface area is 163 Å². The monoisotopic (exact) mass is 378 g/mol. The summed E-state index contributed by atoms with van der Waals surface area (Å²) in [5, 5.41) is 7.53. The second kappa shape index (κ2) is 7.72. The summed E-state index contributed by atoms with van der Waals surface area (Å²) in [5.41, 5.74) is 3.07. The van der Waals surface area contributed by atoms with Crippen molar-refractivity contribution in [2.24, 2.45) is 0 Å². The van der Waals surface area contributed by atoms with Gasteiger partial charge in [0.15, 0.2) is 17.3 Å². The van der Waals surface area contributed by atoms with Gasteiger partial charge < -0.3 is 14.8 Å². The van der Waals surface area contributed by atoms with Crippen LogP contribution >= 0.6 is 0 Å². The fourth-order valence-electron chi connectivity index (χ4n) is 3.31. The van der Waals surface area contributed by atoms with Gasteiger partial charge in [-0.3, -0.25) is 4.79 Å². The molecule has 1 unspecified atom stereocenters. The second-order valence-electron chi connectivity index (χ2n) is 6.65. The highest BCUT2D eigenvalue weighted by Gasteiger charge is 2.27. The molecule has 1 aliphatic heterocycles. The first-order valence-electron chi connectivity index (χ1n) is 9.26. The smallest absolute Gasteiger partial charge is 0.264 e. The summed E-state index contributed by atoms with van der Waals surface area (Å²) < 4.78 is 13.2. The summed E-state index contributed by atoms with van der Waals surface area (Å²) in [6.07, 6.45) is 1.78. The molecule has 1 N–H and O–H groups in total. The van der Waals surface area contributed by atoms with Gasteiger partial charge in [0.05, 0.1) is 5.69 Å². The van der Waals surface area contributed by atoms with Crippen LogP contribution in [0.3, 0.4) is 0 Å². The van der Waals surface area contributed by atoms with Crippen LogP contribution in [0.2, 0.25) is 0 Å². The number of fused-ring (bicyclic) bond motifs is 1. The molecule has 7 heteroatoms. The molecular weight excluding hydrogens is 356 g/mol. The molecule has 7 nitrogen and oxygen atoms in total. The number of nitrogens with one attached hydrogen (secondary N) is 1. The predicted molar refractivity (Wildman–Crippen MR) is 104 cm³/mol. The molecule has 0 saturated carbocycles. The molecule has 3 heterocycles. The van der Waals surface area contributed by atoms with Gasteiger partial charge in [-0.15, -0.1) is 0 Å². The molecule has 0 bridgehead atoms. The highest BCUT2D eigenvalue weighted by Crippen LogP contribution is 2.30. The first kappa shape index (κ1) is 18.0. The van der Waals surface area contributed by atoms with Gasteiger partial charge in [-0.1, -0.05) is 18.2 Å². The molecular formula is C21H22N4O3. The van der Waals surface area contributed by atoms with Crippen LogP contribution in [-0.2, 0) is 11.2 Å². The van der Waals surface area contributed by atoms with Gasteiger partial charge in [-0.2, -0.15) is 5.10 Å². The normalized spacial score (nSPS) is 15.3. The topological polar surface area (TPSA) is 78.3 Å². The Hall–Kier alpha value is -3.35. The van der Waals surface area contributed by atoms with Gasteiger partial charge in [0.25, 0.3) is 5.91 Å². The van der Waals surface area contributed by atoms with E-state index in [4.69, 9.17) is 9.47 Å². The van der Waals surface area contributed by atoms with Crippen LogP contribution in [-0.4, -0.2) is 39.9 Å². The number of rotatable bonds is 5. The molecule has 0 aliphatic carbocycles. The van der Waals surface area contributed by atoms with E-state index in [9.17, 15) is 4.79 Å². The molecule has 1 aromatic carbocycles. The van der Waals surface area contributed by atoms with E-state index in [0.717, 1.165) is 22.8 Å². The van der Waals surface area contributed by atoms with Gasteiger partial charge in [0, 0.05) is 18.4 Å². The molecule has 2 aromatic heterocycles. The number of hydrogen-bond acceptors (Lipinski definition) is 5. The van der Waals surface area contributed by atoms with Crippen molar-refractivity contribution in [3.05, 3.63) is 65.6 Å². The molecule has 4 rings (SSSR count). The Morgan fingerprint density at radius 3 is 2.75 bits per heavy atom. The zero-order valence-electron chi connectivity index (χ0n) is 15.9. The van der Waals surface area contributed by atoms with Crippen molar-refractivity contribution < 1.29 is 14.3 Å². The zero-order chi connectivity index (χ0) is 19.5. The molecule has 0 spiro atoms. The number of carbonyl (C=O) groups excluding carboxylic acids is 1. The Bertz CT molecular complexity index is 985. The fourth-order valence-corrected chi connectivity index (χ4v) is 3.31. The maximum atomic E-state index is 12.4. The van der Waals surface area contributed by atoms with E-state index >= 15 is 0 Å². The highest BCUT2D eigenvalue weighted by atomic mass is 16.6. The van der Waals surface area contributed by atoms with E-state index in [1.807, 2.05) is 54.9 Å². The van der Waals surface area contributed by atoms with Crippen LogP contribution in [0.5, 0.6) is 11.5 Å². The fraction of sp³-hybridized carbons (Fsp3) is 0.286. The average molecular weight is 378 g/mol. The van der Waals surface area contributed by atoms with Gasteiger partial charge >= 0.3 is 0 Å². The lowest BCUT2D eigenvalue weighted by Crippen LogP contribution is -2.44. The van der Waals surface area contributed by atoms with Crippen LogP contribution in [0.4, 0.5) is 0 Å². The van der Waals surface area contributed by atoms with Crippen molar-refractivity contribution >= 4 is 5.91 Å². The number of amides is 1. The van der Waals surface area contributed by atoms with Crippen molar-refractivity contribution in [1.82, 2.24) is 20.1 Å². The molecule has 3 aromatic rings. The molecule has 144 valence electrons. The van der Waals surface area contributed by atoms with Gasteiger partial charge in [-0.25, -0.2) is 9.67 Å². The van der Waals surface area contributed by atoms with E-state index in [0.29, 0.717) is 24.5 Å². The first-order valence-corrected chi connectivity index (χ1v) is 9.26. The molecule has 0 fully saturated rings. The Morgan fingerprint density at radius 1 is 1.18 bits per heavy atom. The number of ether oxygens (including phenoxy) is 2. The number of nitrogens with zero attached hydrogens (tertiary/aromatic N) is 3. The average Bonchev–Trinajstić information content (AvgIpc) is 3.02. The number of pyridine rings is 1. The van der Waals surface area contributed by atoms with Crippen LogP contribution in [0, 0.1) is 13.8 Å². The van der Waals surface area contributed by atoms with Crippen molar-refractivity contribution in [2.75, 3.05) is 13.2 Å². The maximum absolute atomic E-state index is 12.4. The van der Waals surface area contributed by atoms with Crippen LogP contribution < -0.4 is 14.8 Å². The van der Waals surface area contributed by atoms with E-state index in [1.165, 1.54) is 0 Å². The standard InChI is InChI=1S/C21H22N4O3/c1-14-16(15(2)25(24-14)20-9-5-6-11-22-20)10-12-23-21(26)19-13-27-17-7-3-4-8-18(17)28-19/h3-9,11,19H,10,12-13H2,1-2H3,(H,23,26). The van der Waals surface area contributed by atoms with Crippen LogP contribution in [0.15, 0.2) is 48.7 Å². The second-order valence-corrected chi connectivity index (χ2v) is 6.65. The predicted octanol–water partition coefficient (Wildman–Crippen LogP) is 2.38. The van der Waals surface area contributed by atoms with Gasteiger partial charge in [0.2, 0.25) is 6.10 Å². The van der Waals surface area contributed by atoms with Gasteiger partial charge in [-0.05, 0) is 50.1 Å². The number of aryl methyl sites for hydroxylation is 1. The number of para-hydroxylation sites is 2. The first-order chi connectivity index (χ1) is 13.6. The highest BCUT2D eigenvalue weighted by molar-refractivity contribution is 5.81. The third-order valence-corrected chi connectivity index (χ3v) is 4.78. The number of aromatic nitrogens is 3. The summed E-state index contributed by atoms with van der Waals surface area (Å²) in [5.74, 6) is 1.86. The summed E-state index contributed by atoms with van der Waals surface area (Å²) in [6.45, 7) is 4.69. The quantitative estimate of drug-likeness (QED) is 0.738. The third-order valence-electron chi connectivity index (χ3n) is 4.78. The lowest BCUT2D eigenvalue weighted by molar-refractivity contribution is -0.130. The Kier molecular flexibility index (Phi) is 4.97. The summed E-state index contributed by atoms with van der Waals surface area (Å²) >= 11 is 0. The van der Waals surface area contributed by atoms with Crippen molar-refractivity contribution in [1.29, 1.82) is 0 Å². The largest absolute Gasteiger partial charge is 0.485 e. The zero-order valence-corrected chi connectivity index (χ0v) is 15.9. The minimum Gasteiger partial charge on any atom is -0.485 e. The van der Waals surface area contributed by atoms with E-state index in [-0.39, 0.29) is 12.5 Å². The van der Waals surface area contributed by atoms with Crippen LogP contribution in [0.25, 0.3) is 5.82 Å². The molecule has 1 amide bonds. The van der Waals surface area contributed by atoms with Crippen molar-refractivity contribution in [2.45, 2.75) is 26.4 Å². The van der Waals surface area contributed by atoms with E-state index < -0.39 is 6.10 Å². The molecule has 0 radical (unpaired) electrons. The SMILES string of the molecule is Cc1nn(-c2ccccn2)c(C)c1CCNC(=O)C1COc2ccccc2O1. The minimum absolute atomic E-state index is 0.179. The molecule has 0 saturated heterocycles. The summed E-state index contributed by atoms with van der Waals surface area (Å²) in [6, 6.07) is 13.1. The molecule has 1 aliphatic rings. The lowest BCUT2D eigenvalue weighted by atomic mass is 10.1. The van der Waals surface area contributed by atoms with Gasteiger partial charge in [0.1, 0.15) is 6.61 Å². The minimum atomic E-state index is -0.645. The van der Waals surface area contributed by atoms with E-state index in [2.05, 4.69) is 15.4 Å². The number of carbonyl (C=O) groups is 1.